The van der Waals surface area contributed by atoms with Gasteiger partial charge in [0.15, 0.2) is 0 Å². The van der Waals surface area contributed by atoms with Crippen molar-refractivity contribution in [2.45, 2.75) is 39.7 Å². The third-order valence-corrected chi connectivity index (χ3v) is 4.48. The van der Waals surface area contributed by atoms with E-state index in [0.29, 0.717) is 22.2 Å². The molecule has 0 saturated carbocycles. The lowest BCUT2D eigenvalue weighted by molar-refractivity contribution is 0.194. The Morgan fingerprint density at radius 2 is 1.96 bits per heavy atom. The molecule has 3 N–H and O–H groups in total. The second-order valence-electron chi connectivity index (χ2n) is 6.23. The predicted octanol–water partition coefficient (Wildman–Crippen LogP) is 4.87. The molecule has 0 fully saturated rings. The van der Waals surface area contributed by atoms with Crippen LogP contribution in [0.3, 0.4) is 0 Å². The highest BCUT2D eigenvalue weighted by molar-refractivity contribution is 7.80. The van der Waals surface area contributed by atoms with Gasteiger partial charge in [-0.25, -0.2) is 0 Å². The van der Waals surface area contributed by atoms with Crippen molar-refractivity contribution in [1.29, 1.82) is 0 Å². The minimum atomic E-state index is 0.131. The van der Waals surface area contributed by atoms with Crippen molar-refractivity contribution in [2.24, 2.45) is 5.73 Å². The van der Waals surface area contributed by atoms with Crippen molar-refractivity contribution < 1.29 is 9.47 Å². The molecule has 0 bridgehead atoms. The van der Waals surface area contributed by atoms with Crippen LogP contribution in [-0.4, -0.2) is 21.1 Å². The average molecular weight is 369 g/mol. The minimum absolute atomic E-state index is 0.131. The first-order valence-electron chi connectivity index (χ1n) is 8.73. The normalized spacial score (nSPS) is 11.1. The number of H-pyrrole nitrogens is 1. The van der Waals surface area contributed by atoms with Crippen LogP contribution in [0.15, 0.2) is 36.5 Å². The lowest BCUT2D eigenvalue weighted by Crippen LogP contribution is -2.14. The summed E-state index contributed by atoms with van der Waals surface area (Å²) in [6.07, 6.45) is 3.69. The van der Waals surface area contributed by atoms with E-state index in [4.69, 9.17) is 27.4 Å². The summed E-state index contributed by atoms with van der Waals surface area (Å²) in [7, 11) is 0. The van der Waals surface area contributed by atoms with Crippen molar-refractivity contribution in [3.8, 4) is 17.2 Å². The molecule has 6 heteroatoms. The van der Waals surface area contributed by atoms with Crippen molar-refractivity contribution in [2.75, 3.05) is 0 Å². The molecule has 1 aromatic carbocycles. The molecule has 0 unspecified atom stereocenters. The maximum absolute atomic E-state index is 6.21. The Morgan fingerprint density at radius 3 is 2.58 bits per heavy atom. The van der Waals surface area contributed by atoms with Crippen LogP contribution in [0, 0.1) is 6.92 Å². The number of aromatic amines is 1. The first-order chi connectivity index (χ1) is 12.5. The number of hydrogen-bond donors (Lipinski definition) is 2. The molecule has 0 aliphatic rings. The molecule has 3 rings (SSSR count). The van der Waals surface area contributed by atoms with E-state index >= 15 is 0 Å². The van der Waals surface area contributed by atoms with Crippen LogP contribution in [-0.2, 0) is 0 Å². The molecule has 0 atom stereocenters. The first kappa shape index (κ1) is 18.2. The Bertz CT molecular complexity index is 915. The van der Waals surface area contributed by atoms with Gasteiger partial charge in [-0.05, 0) is 44.0 Å². The number of rotatable bonds is 7. The average Bonchev–Trinajstić information content (AvgIpc) is 3.06. The van der Waals surface area contributed by atoms with Crippen LogP contribution in [0.5, 0.6) is 17.2 Å². The maximum Gasteiger partial charge on any atom is 0.147 e. The number of fused-ring (bicyclic) bond motifs is 1. The van der Waals surface area contributed by atoms with Crippen LogP contribution in [0.4, 0.5) is 0 Å². The molecule has 0 saturated heterocycles. The van der Waals surface area contributed by atoms with Crippen LogP contribution in [0.25, 0.3) is 10.9 Å². The van der Waals surface area contributed by atoms with Crippen molar-refractivity contribution in [3.05, 3.63) is 47.9 Å². The third kappa shape index (κ3) is 3.96. The van der Waals surface area contributed by atoms with Gasteiger partial charge in [-0.3, -0.25) is 4.98 Å². The zero-order chi connectivity index (χ0) is 18.7. The number of nitrogens with two attached hydrogens (primary N) is 1. The lowest BCUT2D eigenvalue weighted by Gasteiger charge is -2.17. The monoisotopic (exact) mass is 369 g/mol. The van der Waals surface area contributed by atoms with Gasteiger partial charge in [-0.1, -0.05) is 26.1 Å². The Balaban J connectivity index is 2.02. The Hall–Kier alpha value is -2.60. The Kier molecular flexibility index (Phi) is 5.42. The third-order valence-electron chi connectivity index (χ3n) is 4.26. The highest BCUT2D eigenvalue weighted by Gasteiger charge is 2.15. The van der Waals surface area contributed by atoms with Crippen LogP contribution in [0.2, 0.25) is 0 Å². The second kappa shape index (κ2) is 7.74. The predicted molar refractivity (Wildman–Crippen MR) is 108 cm³/mol. The van der Waals surface area contributed by atoms with Crippen LogP contribution >= 0.6 is 12.2 Å². The molecule has 0 radical (unpaired) electrons. The molecule has 0 aliphatic carbocycles. The summed E-state index contributed by atoms with van der Waals surface area (Å²) in [5, 5.41) is 0.936. The highest BCUT2D eigenvalue weighted by atomic mass is 32.1. The number of nitrogens with zero attached hydrogens (tertiary/aromatic N) is 1. The van der Waals surface area contributed by atoms with Gasteiger partial charge in [0.05, 0.1) is 23.5 Å². The molecule has 0 spiro atoms. The van der Waals surface area contributed by atoms with E-state index in [0.717, 1.165) is 35.2 Å². The number of thiocarbonyl (C=S) groups is 1. The molecule has 0 aliphatic heterocycles. The molecule has 2 aromatic heterocycles. The molecular formula is C20H23N3O2S. The summed E-state index contributed by atoms with van der Waals surface area (Å²) in [5.74, 6) is 2.08. The van der Waals surface area contributed by atoms with Crippen molar-refractivity contribution >= 4 is 28.1 Å². The highest BCUT2D eigenvalue weighted by Crippen LogP contribution is 2.34. The number of ether oxygens (including phenoxy) is 2. The number of hydrogen-bond acceptors (Lipinski definition) is 4. The Labute approximate surface area is 158 Å². The van der Waals surface area contributed by atoms with Gasteiger partial charge in [0, 0.05) is 17.1 Å². The van der Waals surface area contributed by atoms with E-state index in [-0.39, 0.29) is 6.10 Å². The van der Waals surface area contributed by atoms with Gasteiger partial charge in [0.1, 0.15) is 22.2 Å². The van der Waals surface area contributed by atoms with E-state index in [1.807, 2.05) is 37.3 Å². The van der Waals surface area contributed by atoms with Crippen LogP contribution in [0.1, 0.15) is 38.1 Å². The van der Waals surface area contributed by atoms with E-state index in [1.54, 1.807) is 6.20 Å². The van der Waals surface area contributed by atoms with Gasteiger partial charge in [-0.15, -0.1) is 0 Å². The van der Waals surface area contributed by atoms with Crippen LogP contribution < -0.4 is 15.2 Å². The van der Waals surface area contributed by atoms with E-state index in [9.17, 15) is 0 Å². The molecule has 5 nitrogen and oxygen atoms in total. The molecule has 0 amide bonds. The maximum atomic E-state index is 6.21. The van der Waals surface area contributed by atoms with E-state index in [2.05, 4.69) is 23.8 Å². The zero-order valence-electron chi connectivity index (χ0n) is 15.2. The van der Waals surface area contributed by atoms with Gasteiger partial charge in [-0.2, -0.15) is 0 Å². The minimum Gasteiger partial charge on any atom is -0.488 e. The second-order valence-corrected chi connectivity index (χ2v) is 6.67. The van der Waals surface area contributed by atoms with Gasteiger partial charge in [0.2, 0.25) is 0 Å². The summed E-state index contributed by atoms with van der Waals surface area (Å²) in [6.45, 7) is 6.16. The standard InChI is InChI=1S/C20H23N3O2S/c1-4-14(5-2)25-18-10-16(24-15-7-6-12(3)22-11-15)8-13-9-17(20(21)26)23-19(13)18/h6-11,14,23H,4-5H2,1-3H3,(H2,21,26). The molecular weight excluding hydrogens is 346 g/mol. The number of aromatic nitrogens is 2. The summed E-state index contributed by atoms with van der Waals surface area (Å²) in [4.78, 5) is 7.84. The fourth-order valence-electron chi connectivity index (χ4n) is 2.75. The van der Waals surface area contributed by atoms with Crippen molar-refractivity contribution in [1.82, 2.24) is 9.97 Å². The first-order valence-corrected chi connectivity index (χ1v) is 9.14. The SMILES string of the molecule is CCC(CC)Oc1cc(Oc2ccc(C)nc2)cc2cc(C(N)=S)[nH]c12. The molecule has 26 heavy (non-hydrogen) atoms. The fourth-order valence-corrected chi connectivity index (χ4v) is 2.86. The number of aryl methyl sites for hydroxylation is 1. The topological polar surface area (TPSA) is 73.2 Å². The fraction of sp³-hybridized carbons (Fsp3) is 0.300. The van der Waals surface area contributed by atoms with E-state index < -0.39 is 0 Å². The lowest BCUT2D eigenvalue weighted by atomic mass is 10.2. The number of nitrogens with one attached hydrogen (secondary N) is 1. The largest absolute Gasteiger partial charge is 0.488 e. The molecule has 3 aromatic rings. The zero-order valence-corrected chi connectivity index (χ0v) is 16.0. The summed E-state index contributed by atoms with van der Waals surface area (Å²) >= 11 is 5.10. The van der Waals surface area contributed by atoms with Gasteiger partial charge in [0.25, 0.3) is 0 Å². The summed E-state index contributed by atoms with van der Waals surface area (Å²) in [6, 6.07) is 9.55. The number of pyridine rings is 1. The smallest absolute Gasteiger partial charge is 0.147 e. The number of benzene rings is 1. The van der Waals surface area contributed by atoms with E-state index in [1.165, 1.54) is 0 Å². The van der Waals surface area contributed by atoms with Crippen molar-refractivity contribution in [3.63, 3.8) is 0 Å². The summed E-state index contributed by atoms with van der Waals surface area (Å²) in [5.41, 5.74) is 8.30. The van der Waals surface area contributed by atoms with Gasteiger partial charge >= 0.3 is 0 Å². The molecule has 2 heterocycles. The van der Waals surface area contributed by atoms with Gasteiger partial charge < -0.3 is 20.2 Å². The Morgan fingerprint density at radius 1 is 1.19 bits per heavy atom. The summed E-state index contributed by atoms with van der Waals surface area (Å²) < 4.78 is 12.2. The molecule has 136 valence electrons. The quantitative estimate of drug-likeness (QED) is 0.582.